The Labute approximate surface area is 105 Å². The molecule has 2 atom stereocenters. The Balaban J connectivity index is 2.71. The third-order valence-corrected chi connectivity index (χ3v) is 4.43. The summed E-state index contributed by atoms with van der Waals surface area (Å²) in [5.74, 6) is 0.318. The van der Waals surface area contributed by atoms with Gasteiger partial charge in [-0.2, -0.15) is 0 Å². The van der Waals surface area contributed by atoms with Crippen molar-refractivity contribution in [1.82, 2.24) is 0 Å². The lowest BCUT2D eigenvalue weighted by Crippen LogP contribution is -2.47. The summed E-state index contributed by atoms with van der Waals surface area (Å²) in [7, 11) is 0. The van der Waals surface area contributed by atoms with Gasteiger partial charge in [-0.05, 0) is 56.4 Å². The quantitative estimate of drug-likeness (QED) is 0.761. The average molecular weight is 238 g/mol. The largest absolute Gasteiger partial charge is 0.390 e. The summed E-state index contributed by atoms with van der Waals surface area (Å²) in [4.78, 5) is 11.2. The Morgan fingerprint density at radius 2 is 1.94 bits per heavy atom. The maximum Gasteiger partial charge on any atom is 0.155 e. The number of carbonyl (C=O) groups is 1. The van der Waals surface area contributed by atoms with E-state index in [4.69, 9.17) is 0 Å². The summed E-state index contributed by atoms with van der Waals surface area (Å²) >= 11 is 0. The monoisotopic (exact) mass is 238 g/mol. The first-order valence-corrected chi connectivity index (χ1v) is 6.58. The van der Waals surface area contributed by atoms with Crippen molar-refractivity contribution < 1.29 is 9.90 Å². The molecule has 0 bridgehead atoms. The molecule has 98 valence electrons. The van der Waals surface area contributed by atoms with Crippen LogP contribution in [-0.2, 0) is 4.79 Å². The van der Waals surface area contributed by atoms with Crippen molar-refractivity contribution in [2.24, 2.45) is 11.3 Å². The van der Waals surface area contributed by atoms with E-state index in [-0.39, 0.29) is 17.1 Å². The molecule has 1 aliphatic rings. The Morgan fingerprint density at radius 1 is 1.35 bits per heavy atom. The number of hydrogen-bond donors (Lipinski definition) is 1. The Morgan fingerprint density at radius 3 is 2.41 bits per heavy atom. The van der Waals surface area contributed by atoms with Gasteiger partial charge >= 0.3 is 0 Å². The van der Waals surface area contributed by atoms with Crippen LogP contribution in [0.25, 0.3) is 0 Å². The summed E-state index contributed by atoms with van der Waals surface area (Å²) in [6.45, 7) is 11.8. The molecule has 0 aromatic rings. The van der Waals surface area contributed by atoms with E-state index in [0.29, 0.717) is 12.0 Å². The van der Waals surface area contributed by atoms with Gasteiger partial charge in [0.1, 0.15) is 0 Å². The summed E-state index contributed by atoms with van der Waals surface area (Å²) in [5.41, 5.74) is 0.236. The molecule has 1 aliphatic carbocycles. The summed E-state index contributed by atoms with van der Waals surface area (Å²) in [6.07, 6.45) is 4.68. The van der Waals surface area contributed by atoms with E-state index in [1.54, 1.807) is 6.92 Å². The van der Waals surface area contributed by atoms with Gasteiger partial charge in [-0.1, -0.05) is 26.8 Å². The van der Waals surface area contributed by atoms with Crippen LogP contribution in [-0.4, -0.2) is 16.5 Å². The van der Waals surface area contributed by atoms with Gasteiger partial charge < -0.3 is 5.11 Å². The molecule has 0 radical (unpaired) electrons. The van der Waals surface area contributed by atoms with E-state index in [1.807, 2.05) is 6.92 Å². The molecule has 0 saturated heterocycles. The molecule has 0 unspecified atom stereocenters. The molecule has 0 aliphatic heterocycles. The smallest absolute Gasteiger partial charge is 0.155 e. The molecule has 17 heavy (non-hydrogen) atoms. The normalized spacial score (nSPS) is 32.2. The van der Waals surface area contributed by atoms with Gasteiger partial charge in [0.05, 0.1) is 5.60 Å². The van der Waals surface area contributed by atoms with Gasteiger partial charge in [-0.15, -0.1) is 0 Å². The van der Waals surface area contributed by atoms with E-state index in [2.05, 4.69) is 20.4 Å². The van der Waals surface area contributed by atoms with Crippen molar-refractivity contribution in [2.45, 2.75) is 65.4 Å². The second kappa shape index (κ2) is 4.93. The third kappa shape index (κ3) is 3.41. The van der Waals surface area contributed by atoms with Crippen LogP contribution in [0.4, 0.5) is 0 Å². The van der Waals surface area contributed by atoms with Gasteiger partial charge in [-0.3, -0.25) is 4.79 Å². The molecule has 0 aromatic carbocycles. The number of hydrogen-bond acceptors (Lipinski definition) is 2. The Kier molecular flexibility index (Phi) is 4.19. The third-order valence-electron chi connectivity index (χ3n) is 4.43. The van der Waals surface area contributed by atoms with Crippen molar-refractivity contribution >= 4 is 5.78 Å². The van der Waals surface area contributed by atoms with Gasteiger partial charge in [0.25, 0.3) is 0 Å². The minimum absolute atomic E-state index is 0.0678. The van der Waals surface area contributed by atoms with Crippen LogP contribution in [0.15, 0.2) is 12.2 Å². The number of carbonyl (C=O) groups excluding carboxylic acids is 1. The van der Waals surface area contributed by atoms with Crippen molar-refractivity contribution in [3.8, 4) is 0 Å². The van der Waals surface area contributed by atoms with Crippen LogP contribution >= 0.6 is 0 Å². The standard InChI is InChI=1S/C15H26O2/c1-11(12(2)16)7-8-13-14(3,4)9-6-10-15(13,5)17/h13,17H,1,6-10H2,2-5H3/t13-,15+/m1/s1. The van der Waals surface area contributed by atoms with Gasteiger partial charge in [-0.25, -0.2) is 0 Å². The second-order valence-corrected chi connectivity index (χ2v) is 6.45. The van der Waals surface area contributed by atoms with E-state index in [9.17, 15) is 9.90 Å². The van der Waals surface area contributed by atoms with Crippen molar-refractivity contribution in [2.75, 3.05) is 0 Å². The molecular weight excluding hydrogens is 212 g/mol. The number of ketones is 1. The first-order chi connectivity index (χ1) is 7.67. The zero-order valence-electron chi connectivity index (χ0n) is 11.7. The maximum atomic E-state index is 11.2. The molecule has 1 fully saturated rings. The Hall–Kier alpha value is -0.630. The fourth-order valence-corrected chi connectivity index (χ4v) is 3.29. The number of aliphatic hydroxyl groups is 1. The van der Waals surface area contributed by atoms with Crippen LogP contribution in [0.1, 0.15) is 59.8 Å². The van der Waals surface area contributed by atoms with E-state index < -0.39 is 5.60 Å². The lowest BCUT2D eigenvalue weighted by atomic mass is 9.60. The predicted octanol–water partition coefficient (Wildman–Crippen LogP) is 3.49. The second-order valence-electron chi connectivity index (χ2n) is 6.45. The molecule has 2 nitrogen and oxygen atoms in total. The molecule has 1 saturated carbocycles. The molecule has 0 spiro atoms. The summed E-state index contributed by atoms with van der Waals surface area (Å²) < 4.78 is 0. The zero-order chi connectivity index (χ0) is 13.3. The highest BCUT2D eigenvalue weighted by Gasteiger charge is 2.44. The molecule has 0 heterocycles. The van der Waals surface area contributed by atoms with Crippen LogP contribution < -0.4 is 0 Å². The minimum Gasteiger partial charge on any atom is -0.390 e. The van der Waals surface area contributed by atoms with Gasteiger partial charge in [0.2, 0.25) is 0 Å². The summed E-state index contributed by atoms with van der Waals surface area (Å²) in [6, 6.07) is 0. The molecular formula is C15H26O2. The topological polar surface area (TPSA) is 37.3 Å². The molecule has 1 rings (SSSR count). The predicted molar refractivity (Wildman–Crippen MR) is 70.8 cm³/mol. The van der Waals surface area contributed by atoms with Crippen molar-refractivity contribution in [3.63, 3.8) is 0 Å². The van der Waals surface area contributed by atoms with Crippen LogP contribution in [0, 0.1) is 11.3 Å². The van der Waals surface area contributed by atoms with Crippen LogP contribution in [0.5, 0.6) is 0 Å². The maximum absolute atomic E-state index is 11.2. The van der Waals surface area contributed by atoms with E-state index >= 15 is 0 Å². The molecule has 2 heteroatoms. The zero-order valence-corrected chi connectivity index (χ0v) is 11.7. The van der Waals surface area contributed by atoms with Crippen LogP contribution in [0.2, 0.25) is 0 Å². The Bertz CT molecular complexity index is 297. The number of rotatable bonds is 4. The summed E-state index contributed by atoms with van der Waals surface area (Å²) in [5, 5.41) is 10.5. The van der Waals surface area contributed by atoms with Gasteiger partial charge in [0, 0.05) is 0 Å². The fraction of sp³-hybridized carbons (Fsp3) is 0.800. The molecule has 0 aromatic heterocycles. The van der Waals surface area contributed by atoms with Crippen molar-refractivity contribution in [1.29, 1.82) is 0 Å². The van der Waals surface area contributed by atoms with E-state index in [1.165, 1.54) is 0 Å². The highest BCUT2D eigenvalue weighted by molar-refractivity contribution is 5.92. The molecule has 1 N–H and O–H groups in total. The van der Waals surface area contributed by atoms with Crippen LogP contribution in [0.3, 0.4) is 0 Å². The highest BCUT2D eigenvalue weighted by Crippen LogP contribution is 2.48. The highest BCUT2D eigenvalue weighted by atomic mass is 16.3. The first-order valence-electron chi connectivity index (χ1n) is 6.58. The minimum atomic E-state index is -0.598. The molecule has 0 amide bonds. The first kappa shape index (κ1) is 14.4. The van der Waals surface area contributed by atoms with Crippen molar-refractivity contribution in [3.05, 3.63) is 12.2 Å². The number of allylic oxidation sites excluding steroid dienone is 1. The average Bonchev–Trinajstić information content (AvgIpc) is 2.14. The van der Waals surface area contributed by atoms with E-state index in [0.717, 1.165) is 25.7 Å². The SMILES string of the molecule is C=C(CC[C@@H]1C(C)(C)CCC[C@]1(C)O)C(C)=O. The lowest BCUT2D eigenvalue weighted by molar-refractivity contribution is -0.114. The lowest BCUT2D eigenvalue weighted by Gasteiger charge is -2.48. The van der Waals surface area contributed by atoms with Gasteiger partial charge in [0.15, 0.2) is 5.78 Å². The fourth-order valence-electron chi connectivity index (χ4n) is 3.29. The number of Topliss-reactive ketones (excluding diaryl/α,β-unsaturated/α-hetero) is 1.